The summed E-state index contributed by atoms with van der Waals surface area (Å²) < 4.78 is 6.70. The highest BCUT2D eigenvalue weighted by Gasteiger charge is 2.11. The first-order chi connectivity index (χ1) is 14.7. The Morgan fingerprint density at radius 1 is 1.10 bits per heavy atom. The number of carbonyl (C=O) groups is 1. The van der Waals surface area contributed by atoms with Gasteiger partial charge < -0.3 is 15.4 Å². The molecule has 0 aliphatic rings. The van der Waals surface area contributed by atoms with Crippen LogP contribution < -0.4 is 20.9 Å². The van der Waals surface area contributed by atoms with Gasteiger partial charge in [0.1, 0.15) is 11.1 Å². The van der Waals surface area contributed by atoms with Crippen LogP contribution in [0.1, 0.15) is 10.4 Å². The average Bonchev–Trinajstić information content (AvgIpc) is 3.22. The van der Waals surface area contributed by atoms with Gasteiger partial charge >= 0.3 is 0 Å². The Morgan fingerprint density at radius 3 is 2.60 bits per heavy atom. The van der Waals surface area contributed by atoms with Gasteiger partial charge in [-0.25, -0.2) is 4.68 Å². The van der Waals surface area contributed by atoms with Crippen LogP contribution in [-0.2, 0) is 0 Å². The molecule has 0 saturated carbocycles. The molecule has 9 heteroatoms. The molecule has 4 rings (SSSR count). The molecule has 0 aliphatic heterocycles. The van der Waals surface area contributed by atoms with Crippen molar-refractivity contribution < 1.29 is 9.53 Å². The fourth-order valence-electron chi connectivity index (χ4n) is 2.96. The average molecular weight is 404 g/mol. The highest BCUT2D eigenvalue weighted by atomic mass is 16.5. The number of nitrogens with one attached hydrogen (secondary N) is 3. The maximum atomic E-state index is 12.4. The minimum absolute atomic E-state index is 0.196. The number of ether oxygens (including phenoxy) is 1. The molecule has 0 spiro atoms. The number of methoxy groups -OCH3 is 1. The van der Waals surface area contributed by atoms with E-state index < -0.39 is 0 Å². The number of hydrogen-bond acceptors (Lipinski definition) is 6. The van der Waals surface area contributed by atoms with Crippen molar-refractivity contribution in [2.75, 3.05) is 25.5 Å². The number of aromatic nitrogens is 4. The molecule has 0 saturated heterocycles. The zero-order valence-electron chi connectivity index (χ0n) is 16.3. The van der Waals surface area contributed by atoms with E-state index in [0.29, 0.717) is 41.4 Å². The third kappa shape index (κ3) is 4.00. The number of H-pyrrole nitrogens is 1. The molecule has 0 unspecified atom stereocenters. The second-order valence-corrected chi connectivity index (χ2v) is 6.45. The minimum Gasteiger partial charge on any atom is -0.497 e. The number of benzene rings is 2. The van der Waals surface area contributed by atoms with Crippen molar-refractivity contribution >= 4 is 22.9 Å². The van der Waals surface area contributed by atoms with Crippen molar-refractivity contribution in [2.45, 2.75) is 0 Å². The summed E-state index contributed by atoms with van der Waals surface area (Å²) in [5, 5.41) is 10.5. The summed E-state index contributed by atoms with van der Waals surface area (Å²) in [5.41, 5.74) is 1.51. The van der Waals surface area contributed by atoms with Gasteiger partial charge in [0.15, 0.2) is 5.65 Å². The molecule has 0 radical (unpaired) electrons. The molecule has 0 atom stereocenters. The summed E-state index contributed by atoms with van der Waals surface area (Å²) in [4.78, 5) is 31.7. The van der Waals surface area contributed by atoms with E-state index in [1.165, 1.54) is 6.20 Å². The maximum Gasteiger partial charge on any atom is 0.263 e. The van der Waals surface area contributed by atoms with Gasteiger partial charge in [-0.05, 0) is 36.4 Å². The van der Waals surface area contributed by atoms with Gasteiger partial charge in [-0.2, -0.15) is 10.1 Å². The SMILES string of the molecule is COc1ccc(C(=O)NCCNc2nc3c(cnn3-c3ccccc3)c(=O)[nH]2)cc1. The van der Waals surface area contributed by atoms with E-state index in [0.717, 1.165) is 5.69 Å². The summed E-state index contributed by atoms with van der Waals surface area (Å²) in [6.45, 7) is 0.736. The van der Waals surface area contributed by atoms with E-state index in [2.05, 4.69) is 25.7 Å². The molecule has 30 heavy (non-hydrogen) atoms. The molecule has 9 nitrogen and oxygen atoms in total. The number of anilines is 1. The molecule has 0 aliphatic carbocycles. The van der Waals surface area contributed by atoms with Crippen LogP contribution in [0.25, 0.3) is 16.7 Å². The Balaban J connectivity index is 1.41. The quantitative estimate of drug-likeness (QED) is 0.406. The zero-order valence-corrected chi connectivity index (χ0v) is 16.3. The van der Waals surface area contributed by atoms with E-state index >= 15 is 0 Å². The number of fused-ring (bicyclic) bond motifs is 1. The van der Waals surface area contributed by atoms with Crippen molar-refractivity contribution in [3.8, 4) is 11.4 Å². The Kier molecular flexibility index (Phi) is 5.42. The second-order valence-electron chi connectivity index (χ2n) is 6.45. The monoisotopic (exact) mass is 404 g/mol. The lowest BCUT2D eigenvalue weighted by Gasteiger charge is -2.08. The van der Waals surface area contributed by atoms with E-state index in [1.807, 2.05) is 30.3 Å². The molecule has 2 heterocycles. The Hall–Kier alpha value is -4.14. The van der Waals surface area contributed by atoms with Crippen LogP contribution in [0, 0.1) is 0 Å². The first kappa shape index (κ1) is 19.2. The third-order valence-electron chi connectivity index (χ3n) is 4.49. The topological polar surface area (TPSA) is 114 Å². The van der Waals surface area contributed by atoms with Crippen molar-refractivity contribution in [1.82, 2.24) is 25.1 Å². The fraction of sp³-hybridized carbons (Fsp3) is 0.143. The molecule has 2 aromatic carbocycles. The molecule has 2 aromatic heterocycles. The van der Waals surface area contributed by atoms with Gasteiger partial charge in [-0.1, -0.05) is 18.2 Å². The highest BCUT2D eigenvalue weighted by molar-refractivity contribution is 5.94. The maximum absolute atomic E-state index is 12.4. The third-order valence-corrected chi connectivity index (χ3v) is 4.49. The molecule has 4 aromatic rings. The van der Waals surface area contributed by atoms with E-state index in [1.54, 1.807) is 36.1 Å². The fourth-order valence-corrected chi connectivity index (χ4v) is 2.96. The Morgan fingerprint density at radius 2 is 1.87 bits per heavy atom. The number of nitrogens with zero attached hydrogens (tertiary/aromatic N) is 3. The molecule has 0 bridgehead atoms. The summed E-state index contributed by atoms with van der Waals surface area (Å²) in [6, 6.07) is 16.3. The van der Waals surface area contributed by atoms with Crippen molar-refractivity contribution in [3.63, 3.8) is 0 Å². The van der Waals surface area contributed by atoms with Gasteiger partial charge in [0.25, 0.3) is 11.5 Å². The smallest absolute Gasteiger partial charge is 0.263 e. The largest absolute Gasteiger partial charge is 0.497 e. The predicted molar refractivity (Wildman–Crippen MR) is 113 cm³/mol. The molecule has 3 N–H and O–H groups in total. The number of para-hydroxylation sites is 1. The van der Waals surface area contributed by atoms with Gasteiger partial charge in [-0.3, -0.25) is 14.6 Å². The van der Waals surface area contributed by atoms with Gasteiger partial charge in [-0.15, -0.1) is 0 Å². The predicted octanol–water partition coefficient (Wildman–Crippen LogP) is 1.96. The first-order valence-electron chi connectivity index (χ1n) is 9.35. The van der Waals surface area contributed by atoms with Gasteiger partial charge in [0.2, 0.25) is 5.95 Å². The number of carbonyl (C=O) groups excluding carboxylic acids is 1. The van der Waals surface area contributed by atoms with E-state index in [4.69, 9.17) is 4.74 Å². The Bertz CT molecular complexity index is 1220. The summed E-state index contributed by atoms with van der Waals surface area (Å²) in [6.07, 6.45) is 1.49. The number of amides is 1. The zero-order chi connectivity index (χ0) is 20.9. The summed E-state index contributed by atoms with van der Waals surface area (Å²) in [7, 11) is 1.57. The van der Waals surface area contributed by atoms with Crippen LogP contribution in [0.15, 0.2) is 65.6 Å². The van der Waals surface area contributed by atoms with Crippen LogP contribution in [0.2, 0.25) is 0 Å². The van der Waals surface area contributed by atoms with Crippen molar-refractivity contribution in [1.29, 1.82) is 0 Å². The molecular weight excluding hydrogens is 384 g/mol. The first-order valence-corrected chi connectivity index (χ1v) is 9.35. The molecule has 1 amide bonds. The van der Waals surface area contributed by atoms with Crippen molar-refractivity contribution in [3.05, 3.63) is 76.7 Å². The lowest BCUT2D eigenvalue weighted by molar-refractivity contribution is 0.0955. The molecule has 152 valence electrons. The Labute approximate surface area is 171 Å². The lowest BCUT2D eigenvalue weighted by atomic mass is 10.2. The van der Waals surface area contributed by atoms with Crippen LogP contribution >= 0.6 is 0 Å². The lowest BCUT2D eigenvalue weighted by Crippen LogP contribution is -2.29. The summed E-state index contributed by atoms with van der Waals surface area (Å²) >= 11 is 0. The second kappa shape index (κ2) is 8.48. The van der Waals surface area contributed by atoms with Crippen LogP contribution in [0.3, 0.4) is 0 Å². The standard InChI is InChI=1S/C21H20N6O3/c1-30-16-9-7-14(8-10-16)19(28)22-11-12-23-21-25-18-17(20(29)26-21)13-24-27(18)15-5-3-2-4-6-15/h2-10,13H,11-12H2,1H3,(H,22,28)(H2,23,25,26,29). The van der Waals surface area contributed by atoms with E-state index in [9.17, 15) is 9.59 Å². The normalized spacial score (nSPS) is 10.7. The van der Waals surface area contributed by atoms with Crippen LogP contribution in [-0.4, -0.2) is 45.9 Å². The van der Waals surface area contributed by atoms with Gasteiger partial charge in [0, 0.05) is 18.7 Å². The number of rotatable bonds is 7. The minimum atomic E-state index is -0.285. The molecule has 0 fully saturated rings. The van der Waals surface area contributed by atoms with Crippen molar-refractivity contribution in [2.24, 2.45) is 0 Å². The van der Waals surface area contributed by atoms with Gasteiger partial charge in [0.05, 0.1) is 19.0 Å². The van der Waals surface area contributed by atoms with Crippen LogP contribution in [0.5, 0.6) is 5.75 Å². The molecular formula is C21H20N6O3. The highest BCUT2D eigenvalue weighted by Crippen LogP contribution is 2.14. The number of hydrogen-bond donors (Lipinski definition) is 3. The van der Waals surface area contributed by atoms with Crippen LogP contribution in [0.4, 0.5) is 5.95 Å². The number of aromatic amines is 1. The van der Waals surface area contributed by atoms with E-state index in [-0.39, 0.29) is 11.5 Å². The summed E-state index contributed by atoms with van der Waals surface area (Å²) in [5.74, 6) is 0.802.